The topological polar surface area (TPSA) is 66.5 Å². The highest BCUT2D eigenvalue weighted by Crippen LogP contribution is 2.23. The van der Waals surface area contributed by atoms with Crippen LogP contribution >= 0.6 is 12.6 Å². The molecule has 1 N–H and O–H groups in total. The van der Waals surface area contributed by atoms with E-state index in [2.05, 4.69) is 17.9 Å². The molecule has 0 aromatic heterocycles. The molecule has 0 aliphatic carbocycles. The number of amides is 2. The standard InChI is InChI=1S/C15H28N2O3S/c1-11(10-18)9-12(14(20)16-5)17(15(2,3)4)13(19)7-6-8-21/h10-12,21H,6-9H2,1-5H3,(H,16,20)/t11?,12-/m0/s1. The van der Waals surface area contributed by atoms with Gasteiger partial charge in [0, 0.05) is 24.9 Å². The average molecular weight is 316 g/mol. The van der Waals surface area contributed by atoms with Crippen LogP contribution in [0.5, 0.6) is 0 Å². The second-order valence-electron chi connectivity index (χ2n) is 6.24. The largest absolute Gasteiger partial charge is 0.357 e. The van der Waals surface area contributed by atoms with Crippen LogP contribution in [-0.2, 0) is 14.4 Å². The van der Waals surface area contributed by atoms with Crippen molar-refractivity contribution in [3.05, 3.63) is 0 Å². The van der Waals surface area contributed by atoms with Gasteiger partial charge in [-0.05, 0) is 39.4 Å². The van der Waals surface area contributed by atoms with E-state index in [1.54, 1.807) is 18.9 Å². The highest BCUT2D eigenvalue weighted by atomic mass is 32.1. The Kier molecular flexibility index (Phi) is 8.63. The van der Waals surface area contributed by atoms with Gasteiger partial charge in [-0.1, -0.05) is 6.92 Å². The fourth-order valence-electron chi connectivity index (χ4n) is 2.27. The third-order valence-corrected chi connectivity index (χ3v) is 3.54. The zero-order chi connectivity index (χ0) is 16.6. The maximum atomic E-state index is 12.5. The minimum Gasteiger partial charge on any atom is -0.357 e. The normalized spacial score (nSPS) is 14.2. The molecule has 0 heterocycles. The van der Waals surface area contributed by atoms with Crippen molar-refractivity contribution < 1.29 is 14.4 Å². The lowest BCUT2D eigenvalue weighted by molar-refractivity contribution is -0.147. The molecule has 0 rings (SSSR count). The van der Waals surface area contributed by atoms with Crippen molar-refractivity contribution in [2.45, 2.75) is 58.5 Å². The van der Waals surface area contributed by atoms with Crippen molar-refractivity contribution in [1.29, 1.82) is 0 Å². The molecular formula is C15H28N2O3S. The number of carbonyl (C=O) groups excluding carboxylic acids is 3. The molecule has 122 valence electrons. The van der Waals surface area contributed by atoms with Crippen molar-refractivity contribution in [2.75, 3.05) is 12.8 Å². The van der Waals surface area contributed by atoms with E-state index < -0.39 is 11.6 Å². The van der Waals surface area contributed by atoms with E-state index in [9.17, 15) is 14.4 Å². The third-order valence-electron chi connectivity index (χ3n) is 3.23. The number of nitrogens with one attached hydrogen (secondary N) is 1. The quantitative estimate of drug-likeness (QED) is 0.529. The van der Waals surface area contributed by atoms with Crippen LogP contribution in [0, 0.1) is 5.92 Å². The van der Waals surface area contributed by atoms with Gasteiger partial charge >= 0.3 is 0 Å². The first-order chi connectivity index (χ1) is 9.68. The highest BCUT2D eigenvalue weighted by Gasteiger charge is 2.37. The molecule has 0 fully saturated rings. The van der Waals surface area contributed by atoms with Gasteiger partial charge in [-0.3, -0.25) is 9.59 Å². The minimum absolute atomic E-state index is 0.0803. The second kappa shape index (κ2) is 9.07. The Bertz CT molecular complexity index is 366. The van der Waals surface area contributed by atoms with Gasteiger partial charge in [-0.15, -0.1) is 0 Å². The number of hydrogen-bond acceptors (Lipinski definition) is 4. The maximum Gasteiger partial charge on any atom is 0.242 e. The Balaban J connectivity index is 5.41. The second-order valence-corrected chi connectivity index (χ2v) is 6.69. The van der Waals surface area contributed by atoms with Gasteiger partial charge in [0.05, 0.1) is 0 Å². The number of aldehydes is 1. The Hall–Kier alpha value is -1.04. The van der Waals surface area contributed by atoms with Crippen molar-refractivity contribution in [3.63, 3.8) is 0 Å². The van der Waals surface area contributed by atoms with Crippen LogP contribution in [0.1, 0.15) is 47.0 Å². The fourth-order valence-corrected chi connectivity index (χ4v) is 2.43. The monoisotopic (exact) mass is 316 g/mol. The van der Waals surface area contributed by atoms with Gasteiger partial charge in [-0.25, -0.2) is 0 Å². The van der Waals surface area contributed by atoms with E-state index in [0.29, 0.717) is 25.0 Å². The number of thiol groups is 1. The summed E-state index contributed by atoms with van der Waals surface area (Å²) in [5.41, 5.74) is -0.493. The van der Waals surface area contributed by atoms with Gasteiger partial charge < -0.3 is 15.0 Å². The summed E-state index contributed by atoms with van der Waals surface area (Å²) in [6.07, 6.45) is 2.16. The van der Waals surface area contributed by atoms with Crippen LogP contribution in [-0.4, -0.2) is 47.4 Å². The molecule has 0 radical (unpaired) electrons. The molecule has 21 heavy (non-hydrogen) atoms. The Morgan fingerprint density at radius 1 is 1.33 bits per heavy atom. The predicted molar refractivity (Wildman–Crippen MR) is 87.4 cm³/mol. The van der Waals surface area contributed by atoms with Crippen molar-refractivity contribution >= 4 is 30.7 Å². The van der Waals surface area contributed by atoms with E-state index in [4.69, 9.17) is 0 Å². The molecule has 0 saturated carbocycles. The number of likely N-dealkylation sites (N-methyl/N-ethyl adjacent to an activating group) is 1. The Morgan fingerprint density at radius 2 is 1.90 bits per heavy atom. The SMILES string of the molecule is CNC(=O)[C@H](CC(C)C=O)N(C(=O)CCCS)C(C)(C)C. The summed E-state index contributed by atoms with van der Waals surface area (Å²) in [5, 5.41) is 2.59. The predicted octanol–water partition coefficient (Wildman–Crippen LogP) is 1.66. The summed E-state index contributed by atoms with van der Waals surface area (Å²) in [5.74, 6) is 0.0231. The first-order valence-electron chi connectivity index (χ1n) is 7.28. The summed E-state index contributed by atoms with van der Waals surface area (Å²) in [4.78, 5) is 37.2. The lowest BCUT2D eigenvalue weighted by atomic mass is 9.95. The van der Waals surface area contributed by atoms with Gasteiger partial charge in [0.15, 0.2) is 0 Å². The van der Waals surface area contributed by atoms with Crippen molar-refractivity contribution in [2.24, 2.45) is 5.92 Å². The molecule has 0 aliphatic rings. The van der Waals surface area contributed by atoms with Gasteiger partial charge in [0.2, 0.25) is 11.8 Å². The van der Waals surface area contributed by atoms with E-state index in [1.165, 1.54) is 0 Å². The number of hydrogen-bond donors (Lipinski definition) is 2. The lowest BCUT2D eigenvalue weighted by Gasteiger charge is -2.41. The summed E-state index contributed by atoms with van der Waals surface area (Å²) in [6.45, 7) is 7.44. The number of carbonyl (C=O) groups is 3. The summed E-state index contributed by atoms with van der Waals surface area (Å²) < 4.78 is 0. The molecular weight excluding hydrogens is 288 g/mol. The van der Waals surface area contributed by atoms with Gasteiger partial charge in [-0.2, -0.15) is 12.6 Å². The van der Waals surface area contributed by atoms with Crippen LogP contribution in [0.15, 0.2) is 0 Å². The third kappa shape index (κ3) is 6.50. The molecule has 0 bridgehead atoms. The first kappa shape index (κ1) is 20.0. The molecule has 0 spiro atoms. The molecule has 2 amide bonds. The maximum absolute atomic E-state index is 12.5. The van der Waals surface area contributed by atoms with Crippen LogP contribution < -0.4 is 5.32 Å². The van der Waals surface area contributed by atoms with E-state index in [0.717, 1.165) is 6.29 Å². The Labute approximate surface area is 133 Å². The molecule has 2 atom stereocenters. The summed E-state index contributed by atoms with van der Waals surface area (Å²) in [6, 6.07) is -0.636. The van der Waals surface area contributed by atoms with E-state index in [-0.39, 0.29) is 17.7 Å². The smallest absolute Gasteiger partial charge is 0.242 e. The molecule has 0 aliphatic heterocycles. The van der Waals surface area contributed by atoms with Crippen molar-refractivity contribution in [1.82, 2.24) is 10.2 Å². The molecule has 5 nitrogen and oxygen atoms in total. The zero-order valence-corrected chi connectivity index (χ0v) is 14.6. The minimum atomic E-state index is -0.636. The Morgan fingerprint density at radius 3 is 2.29 bits per heavy atom. The number of nitrogens with zero attached hydrogens (tertiary/aromatic N) is 1. The van der Waals surface area contributed by atoms with Crippen molar-refractivity contribution in [3.8, 4) is 0 Å². The van der Waals surface area contributed by atoms with Gasteiger partial charge in [0.25, 0.3) is 0 Å². The van der Waals surface area contributed by atoms with Crippen LogP contribution in [0.3, 0.4) is 0 Å². The van der Waals surface area contributed by atoms with Crippen LogP contribution in [0.4, 0.5) is 0 Å². The number of rotatable bonds is 8. The molecule has 6 heteroatoms. The fraction of sp³-hybridized carbons (Fsp3) is 0.800. The lowest BCUT2D eigenvalue weighted by Crippen LogP contribution is -2.57. The average Bonchev–Trinajstić information content (AvgIpc) is 2.41. The van der Waals surface area contributed by atoms with Crippen LogP contribution in [0.2, 0.25) is 0 Å². The van der Waals surface area contributed by atoms with Crippen LogP contribution in [0.25, 0.3) is 0 Å². The molecule has 0 aromatic carbocycles. The summed E-state index contributed by atoms with van der Waals surface area (Å²) in [7, 11) is 1.54. The zero-order valence-electron chi connectivity index (χ0n) is 13.7. The first-order valence-corrected chi connectivity index (χ1v) is 7.92. The summed E-state index contributed by atoms with van der Waals surface area (Å²) >= 11 is 4.12. The molecule has 0 aromatic rings. The molecule has 0 saturated heterocycles. The molecule has 1 unspecified atom stereocenters. The van der Waals surface area contributed by atoms with E-state index >= 15 is 0 Å². The van der Waals surface area contributed by atoms with E-state index in [1.807, 2.05) is 20.8 Å². The highest BCUT2D eigenvalue weighted by molar-refractivity contribution is 7.80. The van der Waals surface area contributed by atoms with Gasteiger partial charge in [0.1, 0.15) is 12.3 Å².